The van der Waals surface area contributed by atoms with Gasteiger partial charge in [-0.15, -0.1) is 5.10 Å². The summed E-state index contributed by atoms with van der Waals surface area (Å²) in [6.45, 7) is 2.32. The Bertz CT molecular complexity index is 574. The lowest BCUT2D eigenvalue weighted by Gasteiger charge is -2.02. The first kappa shape index (κ1) is 13.7. The van der Waals surface area contributed by atoms with Crippen molar-refractivity contribution < 1.29 is 4.39 Å². The first-order chi connectivity index (χ1) is 9.69. The topological polar surface area (TPSA) is 42.7 Å². The van der Waals surface area contributed by atoms with E-state index in [1.807, 2.05) is 12.3 Å². The van der Waals surface area contributed by atoms with Crippen LogP contribution >= 0.6 is 15.9 Å². The monoisotopic (exact) mass is 338 g/mol. The predicted octanol–water partition coefficient (Wildman–Crippen LogP) is 2.73. The average molecular weight is 339 g/mol. The van der Waals surface area contributed by atoms with E-state index in [9.17, 15) is 4.39 Å². The second-order valence-corrected chi connectivity index (χ2v) is 6.18. The van der Waals surface area contributed by atoms with Crippen LogP contribution in [0.3, 0.4) is 0 Å². The summed E-state index contributed by atoms with van der Waals surface area (Å²) in [6, 6.07) is 4.84. The molecule has 0 amide bonds. The quantitative estimate of drug-likeness (QED) is 0.880. The van der Waals surface area contributed by atoms with Gasteiger partial charge in [-0.3, -0.25) is 0 Å². The van der Waals surface area contributed by atoms with E-state index >= 15 is 0 Å². The van der Waals surface area contributed by atoms with Crippen LogP contribution in [0.5, 0.6) is 0 Å². The van der Waals surface area contributed by atoms with Crippen LogP contribution in [0.1, 0.15) is 24.1 Å². The first-order valence-electron chi connectivity index (χ1n) is 6.74. The molecule has 1 N–H and O–H groups in total. The predicted molar refractivity (Wildman–Crippen MR) is 77.7 cm³/mol. The molecular weight excluding hydrogens is 323 g/mol. The summed E-state index contributed by atoms with van der Waals surface area (Å²) in [4.78, 5) is 0. The molecule has 1 aromatic carbocycles. The van der Waals surface area contributed by atoms with Crippen LogP contribution in [0.25, 0.3) is 0 Å². The summed E-state index contributed by atoms with van der Waals surface area (Å²) >= 11 is 3.29. The van der Waals surface area contributed by atoms with E-state index in [0.29, 0.717) is 6.54 Å². The smallest absolute Gasteiger partial charge is 0.124 e. The van der Waals surface area contributed by atoms with Crippen LogP contribution in [0.15, 0.2) is 28.9 Å². The van der Waals surface area contributed by atoms with Gasteiger partial charge in [0.15, 0.2) is 0 Å². The van der Waals surface area contributed by atoms with E-state index in [1.54, 1.807) is 4.68 Å². The minimum atomic E-state index is -0.249. The van der Waals surface area contributed by atoms with E-state index in [2.05, 4.69) is 31.6 Å². The molecule has 6 heteroatoms. The van der Waals surface area contributed by atoms with Gasteiger partial charge in [0.2, 0.25) is 0 Å². The summed E-state index contributed by atoms with van der Waals surface area (Å²) < 4.78 is 15.8. The second kappa shape index (κ2) is 6.01. The molecule has 1 aliphatic carbocycles. The average Bonchev–Trinajstić information content (AvgIpc) is 3.09. The van der Waals surface area contributed by atoms with Crippen molar-refractivity contribution in [3.63, 3.8) is 0 Å². The van der Waals surface area contributed by atoms with Gasteiger partial charge in [0.1, 0.15) is 5.82 Å². The molecule has 0 bridgehead atoms. The zero-order chi connectivity index (χ0) is 13.9. The van der Waals surface area contributed by atoms with Crippen LogP contribution in [-0.4, -0.2) is 21.5 Å². The van der Waals surface area contributed by atoms with Crippen LogP contribution in [-0.2, 0) is 13.1 Å². The molecule has 2 aromatic rings. The largest absolute Gasteiger partial charge is 0.311 e. The third kappa shape index (κ3) is 3.86. The number of nitrogens with zero attached hydrogens (tertiary/aromatic N) is 3. The van der Waals surface area contributed by atoms with Crippen LogP contribution in [0, 0.1) is 11.7 Å². The maximum absolute atomic E-state index is 13.3. The maximum Gasteiger partial charge on any atom is 0.124 e. The molecule has 0 radical (unpaired) electrons. The van der Waals surface area contributed by atoms with E-state index < -0.39 is 0 Å². The molecule has 4 nitrogen and oxygen atoms in total. The molecule has 0 unspecified atom stereocenters. The normalized spacial score (nSPS) is 14.7. The van der Waals surface area contributed by atoms with Gasteiger partial charge in [-0.2, -0.15) is 0 Å². The van der Waals surface area contributed by atoms with Crippen molar-refractivity contribution in [2.45, 2.75) is 25.9 Å². The molecular formula is C14H16BrFN4. The molecule has 106 valence electrons. The van der Waals surface area contributed by atoms with Crippen molar-refractivity contribution in [3.05, 3.63) is 45.9 Å². The number of hydrogen-bond acceptors (Lipinski definition) is 3. The maximum atomic E-state index is 13.3. The van der Waals surface area contributed by atoms with Crippen molar-refractivity contribution in [2.75, 3.05) is 6.54 Å². The standard InChI is InChI=1S/C14H16BrFN4/c15-12-3-11(4-13(16)5-12)8-20-9-14(18-19-20)7-17-6-10-1-2-10/h3-5,9-10,17H,1-2,6-8H2. The highest BCUT2D eigenvalue weighted by atomic mass is 79.9. The Morgan fingerprint density at radius 1 is 1.35 bits per heavy atom. The van der Waals surface area contributed by atoms with E-state index in [0.717, 1.165) is 34.7 Å². The van der Waals surface area contributed by atoms with Gasteiger partial charge >= 0.3 is 0 Å². The van der Waals surface area contributed by atoms with Crippen molar-refractivity contribution in [2.24, 2.45) is 5.92 Å². The molecule has 0 aliphatic heterocycles. The Balaban J connectivity index is 1.58. The molecule has 1 fully saturated rings. The van der Waals surface area contributed by atoms with Gasteiger partial charge < -0.3 is 5.32 Å². The van der Waals surface area contributed by atoms with Crippen LogP contribution < -0.4 is 5.32 Å². The Hall–Kier alpha value is -1.27. The molecule has 1 saturated carbocycles. The van der Waals surface area contributed by atoms with E-state index in [1.165, 1.54) is 25.0 Å². The molecule has 1 aliphatic rings. The Kier molecular flexibility index (Phi) is 4.12. The van der Waals surface area contributed by atoms with E-state index in [-0.39, 0.29) is 5.82 Å². The van der Waals surface area contributed by atoms with Gasteiger partial charge in [0.25, 0.3) is 0 Å². The molecule has 1 aromatic heterocycles. The van der Waals surface area contributed by atoms with Gasteiger partial charge in [-0.1, -0.05) is 21.1 Å². The SMILES string of the molecule is Fc1cc(Br)cc(Cn2cc(CNCC3CC3)nn2)c1. The van der Waals surface area contributed by atoms with Crippen molar-refractivity contribution in [1.82, 2.24) is 20.3 Å². The minimum Gasteiger partial charge on any atom is -0.311 e. The molecule has 1 heterocycles. The molecule has 0 atom stereocenters. The Morgan fingerprint density at radius 2 is 2.20 bits per heavy atom. The highest BCUT2D eigenvalue weighted by Crippen LogP contribution is 2.27. The van der Waals surface area contributed by atoms with Gasteiger partial charge in [-0.05, 0) is 49.1 Å². The number of benzene rings is 1. The zero-order valence-electron chi connectivity index (χ0n) is 11.0. The van der Waals surface area contributed by atoms with Crippen LogP contribution in [0.2, 0.25) is 0 Å². The number of hydrogen-bond donors (Lipinski definition) is 1. The summed E-state index contributed by atoms with van der Waals surface area (Å²) in [5.41, 5.74) is 1.78. The minimum absolute atomic E-state index is 0.249. The van der Waals surface area contributed by atoms with E-state index in [4.69, 9.17) is 0 Å². The van der Waals surface area contributed by atoms with Gasteiger partial charge in [0.05, 0.1) is 18.4 Å². The van der Waals surface area contributed by atoms with Gasteiger partial charge in [0, 0.05) is 11.0 Å². The lowest BCUT2D eigenvalue weighted by atomic mass is 10.2. The summed E-state index contributed by atoms with van der Waals surface area (Å²) in [6.07, 6.45) is 4.58. The number of aromatic nitrogens is 3. The second-order valence-electron chi connectivity index (χ2n) is 5.26. The highest BCUT2D eigenvalue weighted by Gasteiger charge is 2.20. The lowest BCUT2D eigenvalue weighted by molar-refractivity contribution is 0.612. The third-order valence-corrected chi connectivity index (χ3v) is 3.75. The third-order valence-electron chi connectivity index (χ3n) is 3.29. The van der Waals surface area contributed by atoms with Crippen LogP contribution in [0.4, 0.5) is 4.39 Å². The highest BCUT2D eigenvalue weighted by molar-refractivity contribution is 9.10. The lowest BCUT2D eigenvalue weighted by Crippen LogP contribution is -2.16. The fourth-order valence-corrected chi connectivity index (χ4v) is 2.63. The Labute approximate surface area is 125 Å². The Morgan fingerprint density at radius 3 is 2.95 bits per heavy atom. The molecule has 0 spiro atoms. The summed E-state index contributed by atoms with van der Waals surface area (Å²) in [5, 5.41) is 11.6. The fraction of sp³-hybridized carbons (Fsp3) is 0.429. The molecule has 0 saturated heterocycles. The van der Waals surface area contributed by atoms with Gasteiger partial charge in [-0.25, -0.2) is 9.07 Å². The number of rotatable bonds is 6. The summed E-state index contributed by atoms with van der Waals surface area (Å²) in [5.74, 6) is 0.607. The van der Waals surface area contributed by atoms with Crippen molar-refractivity contribution in [1.29, 1.82) is 0 Å². The zero-order valence-corrected chi connectivity index (χ0v) is 12.6. The molecule has 3 rings (SSSR count). The fourth-order valence-electron chi connectivity index (χ4n) is 2.11. The van der Waals surface area contributed by atoms with Crippen molar-refractivity contribution >= 4 is 15.9 Å². The summed E-state index contributed by atoms with van der Waals surface area (Å²) in [7, 11) is 0. The first-order valence-corrected chi connectivity index (χ1v) is 7.53. The number of nitrogens with one attached hydrogen (secondary N) is 1. The van der Waals surface area contributed by atoms with Crippen molar-refractivity contribution in [3.8, 4) is 0 Å². The molecule has 20 heavy (non-hydrogen) atoms. The number of halogens is 2.